The molecule has 0 spiro atoms. The number of likely N-dealkylation sites (tertiary alicyclic amines) is 1. The van der Waals surface area contributed by atoms with Crippen LogP contribution < -0.4 is 10.6 Å². The number of aliphatic imine (C=N–C) groups is 1. The van der Waals surface area contributed by atoms with Gasteiger partial charge in [-0.1, -0.05) is 30.7 Å². The number of benzene rings is 1. The zero-order chi connectivity index (χ0) is 18.2. The van der Waals surface area contributed by atoms with Gasteiger partial charge in [-0.3, -0.25) is 9.89 Å². The smallest absolute Gasteiger partial charge is 0.191 e. The van der Waals surface area contributed by atoms with Crippen LogP contribution in [0.4, 0.5) is 0 Å². The van der Waals surface area contributed by atoms with Crippen LogP contribution in [-0.2, 0) is 17.8 Å². The van der Waals surface area contributed by atoms with E-state index in [2.05, 4.69) is 51.7 Å². The van der Waals surface area contributed by atoms with Crippen LogP contribution in [0.25, 0.3) is 0 Å². The molecule has 144 valence electrons. The lowest BCUT2D eigenvalue weighted by molar-refractivity contribution is 0.114. The predicted molar refractivity (Wildman–Crippen MR) is 107 cm³/mol. The van der Waals surface area contributed by atoms with Gasteiger partial charge in [0.1, 0.15) is 0 Å². The maximum absolute atomic E-state index is 5.64. The minimum atomic E-state index is 0.324. The normalized spacial score (nSPS) is 24.6. The summed E-state index contributed by atoms with van der Waals surface area (Å²) in [5.41, 5.74) is 2.68. The van der Waals surface area contributed by atoms with E-state index in [0.29, 0.717) is 12.1 Å². The van der Waals surface area contributed by atoms with Gasteiger partial charge >= 0.3 is 0 Å². The molecule has 0 aliphatic carbocycles. The van der Waals surface area contributed by atoms with Crippen molar-refractivity contribution in [2.24, 2.45) is 4.99 Å². The van der Waals surface area contributed by atoms with Gasteiger partial charge in [0.2, 0.25) is 0 Å². The Kier molecular flexibility index (Phi) is 7.32. The van der Waals surface area contributed by atoms with E-state index in [0.717, 1.165) is 38.6 Å². The highest BCUT2D eigenvalue weighted by Crippen LogP contribution is 2.19. The molecule has 2 heterocycles. The number of ether oxygens (including phenoxy) is 1. The van der Waals surface area contributed by atoms with E-state index in [1.165, 1.54) is 43.4 Å². The fraction of sp³-hybridized carbons (Fsp3) is 0.667. The molecule has 3 rings (SSSR count). The number of guanidine groups is 1. The Balaban J connectivity index is 1.42. The third-order valence-electron chi connectivity index (χ3n) is 5.55. The number of piperidine rings is 1. The monoisotopic (exact) mass is 358 g/mol. The number of rotatable bonds is 6. The average molecular weight is 359 g/mol. The molecule has 2 saturated heterocycles. The second-order valence-electron chi connectivity index (χ2n) is 7.57. The second-order valence-corrected chi connectivity index (χ2v) is 7.57. The molecule has 2 fully saturated rings. The summed E-state index contributed by atoms with van der Waals surface area (Å²) in [6, 6.07) is 9.69. The number of nitrogens with zero attached hydrogens (tertiary/aromatic N) is 2. The van der Waals surface area contributed by atoms with Crippen LogP contribution in [0, 0.1) is 0 Å². The summed E-state index contributed by atoms with van der Waals surface area (Å²) < 4.78 is 5.64. The molecule has 5 nitrogen and oxygen atoms in total. The zero-order valence-electron chi connectivity index (χ0n) is 16.3. The summed E-state index contributed by atoms with van der Waals surface area (Å²) in [4.78, 5) is 6.90. The quantitative estimate of drug-likeness (QED) is 0.606. The molecule has 5 heteroatoms. The molecule has 0 bridgehead atoms. The minimum absolute atomic E-state index is 0.324. The van der Waals surface area contributed by atoms with Gasteiger partial charge in [-0.15, -0.1) is 0 Å². The number of nitrogens with one attached hydrogen (secondary N) is 2. The third kappa shape index (κ3) is 5.71. The van der Waals surface area contributed by atoms with E-state index in [-0.39, 0.29) is 0 Å². The molecule has 2 aliphatic rings. The lowest BCUT2D eigenvalue weighted by atomic mass is 10.0. The Morgan fingerprint density at radius 1 is 1.12 bits per heavy atom. The summed E-state index contributed by atoms with van der Waals surface area (Å²) in [7, 11) is 1.81. The molecule has 2 unspecified atom stereocenters. The van der Waals surface area contributed by atoms with Gasteiger partial charge in [0.25, 0.3) is 0 Å². The fourth-order valence-electron chi connectivity index (χ4n) is 3.81. The van der Waals surface area contributed by atoms with Gasteiger partial charge in [-0.2, -0.15) is 0 Å². The van der Waals surface area contributed by atoms with Crippen LogP contribution in [0.1, 0.15) is 50.2 Å². The van der Waals surface area contributed by atoms with Crippen molar-refractivity contribution in [3.63, 3.8) is 0 Å². The lowest BCUT2D eigenvalue weighted by Crippen LogP contribution is -2.40. The average Bonchev–Trinajstić information content (AvgIpc) is 3.18. The van der Waals surface area contributed by atoms with E-state index in [1.807, 2.05) is 7.05 Å². The van der Waals surface area contributed by atoms with Crippen molar-refractivity contribution in [1.82, 2.24) is 15.5 Å². The van der Waals surface area contributed by atoms with Crippen LogP contribution in [0.5, 0.6) is 0 Å². The molecule has 2 aliphatic heterocycles. The highest BCUT2D eigenvalue weighted by Gasteiger charge is 2.18. The minimum Gasteiger partial charge on any atom is -0.376 e. The molecule has 0 saturated carbocycles. The van der Waals surface area contributed by atoms with Gasteiger partial charge in [0, 0.05) is 39.3 Å². The molecule has 2 atom stereocenters. The number of hydrogen-bond acceptors (Lipinski definition) is 3. The van der Waals surface area contributed by atoms with E-state index in [1.54, 1.807) is 0 Å². The van der Waals surface area contributed by atoms with Crippen molar-refractivity contribution in [2.45, 2.75) is 64.3 Å². The zero-order valence-corrected chi connectivity index (χ0v) is 16.3. The highest BCUT2D eigenvalue weighted by atomic mass is 16.5. The molecular weight excluding hydrogens is 324 g/mol. The maximum atomic E-state index is 5.64. The Bertz CT molecular complexity index is 566. The SMILES string of the molecule is CN=C(NCc1ccc(CN2CCCCC2C)cc1)NCC1CCCO1. The first-order valence-electron chi connectivity index (χ1n) is 10.1. The Morgan fingerprint density at radius 2 is 1.92 bits per heavy atom. The van der Waals surface area contributed by atoms with Crippen molar-refractivity contribution in [3.05, 3.63) is 35.4 Å². The summed E-state index contributed by atoms with van der Waals surface area (Å²) >= 11 is 0. The van der Waals surface area contributed by atoms with E-state index >= 15 is 0 Å². The molecule has 26 heavy (non-hydrogen) atoms. The van der Waals surface area contributed by atoms with Crippen molar-refractivity contribution in [1.29, 1.82) is 0 Å². The van der Waals surface area contributed by atoms with Gasteiger partial charge < -0.3 is 15.4 Å². The largest absolute Gasteiger partial charge is 0.376 e. The first-order chi connectivity index (χ1) is 12.7. The Hall–Kier alpha value is -1.59. The van der Waals surface area contributed by atoms with E-state index in [4.69, 9.17) is 4.74 Å². The fourth-order valence-corrected chi connectivity index (χ4v) is 3.81. The van der Waals surface area contributed by atoms with Crippen LogP contribution in [-0.4, -0.2) is 49.7 Å². The summed E-state index contributed by atoms with van der Waals surface area (Å²) in [5.74, 6) is 0.840. The summed E-state index contributed by atoms with van der Waals surface area (Å²) in [6.45, 7) is 7.16. The van der Waals surface area contributed by atoms with Crippen molar-refractivity contribution in [3.8, 4) is 0 Å². The van der Waals surface area contributed by atoms with Gasteiger partial charge in [-0.05, 0) is 50.3 Å². The van der Waals surface area contributed by atoms with Crippen LogP contribution in [0.2, 0.25) is 0 Å². The first-order valence-corrected chi connectivity index (χ1v) is 10.1. The Morgan fingerprint density at radius 3 is 2.62 bits per heavy atom. The van der Waals surface area contributed by atoms with E-state index < -0.39 is 0 Å². The summed E-state index contributed by atoms with van der Waals surface area (Å²) in [6.07, 6.45) is 6.68. The van der Waals surface area contributed by atoms with Crippen molar-refractivity contribution in [2.75, 3.05) is 26.7 Å². The van der Waals surface area contributed by atoms with Crippen LogP contribution in [0.15, 0.2) is 29.3 Å². The standard InChI is InChI=1S/C21H34N4O/c1-17-6-3-4-12-25(17)16-19-10-8-18(9-11-19)14-23-21(22-2)24-15-20-7-5-13-26-20/h8-11,17,20H,3-7,12-16H2,1-2H3,(H2,22,23,24). The third-order valence-corrected chi connectivity index (χ3v) is 5.55. The molecule has 0 aromatic heterocycles. The van der Waals surface area contributed by atoms with Gasteiger partial charge in [-0.25, -0.2) is 0 Å². The molecule has 1 aromatic rings. The van der Waals surface area contributed by atoms with Crippen molar-refractivity contribution >= 4 is 5.96 Å². The maximum Gasteiger partial charge on any atom is 0.191 e. The highest BCUT2D eigenvalue weighted by molar-refractivity contribution is 5.79. The van der Waals surface area contributed by atoms with Crippen LogP contribution in [0.3, 0.4) is 0 Å². The number of hydrogen-bond donors (Lipinski definition) is 2. The Labute approximate surface area is 158 Å². The molecule has 2 N–H and O–H groups in total. The summed E-state index contributed by atoms with van der Waals surface area (Å²) in [5, 5.41) is 6.75. The molecular formula is C21H34N4O. The molecule has 1 aromatic carbocycles. The topological polar surface area (TPSA) is 48.9 Å². The predicted octanol–water partition coefficient (Wildman–Crippen LogP) is 2.91. The second kappa shape index (κ2) is 9.93. The molecule has 0 radical (unpaired) electrons. The lowest BCUT2D eigenvalue weighted by Gasteiger charge is -2.33. The first kappa shape index (κ1) is 19.2. The van der Waals surface area contributed by atoms with Gasteiger partial charge in [0.15, 0.2) is 5.96 Å². The van der Waals surface area contributed by atoms with Gasteiger partial charge in [0.05, 0.1) is 6.10 Å². The van der Waals surface area contributed by atoms with Crippen LogP contribution >= 0.6 is 0 Å². The van der Waals surface area contributed by atoms with Crippen molar-refractivity contribution < 1.29 is 4.74 Å². The van der Waals surface area contributed by atoms with E-state index in [9.17, 15) is 0 Å². The molecule has 0 amide bonds.